The number of rotatable bonds is 3. The highest BCUT2D eigenvalue weighted by molar-refractivity contribution is 5.74. The van der Waals surface area contributed by atoms with Crippen LogP contribution in [0.1, 0.15) is 5.56 Å². The van der Waals surface area contributed by atoms with E-state index >= 15 is 0 Å². The van der Waals surface area contributed by atoms with E-state index in [0.717, 1.165) is 18.7 Å². The van der Waals surface area contributed by atoms with Gasteiger partial charge < -0.3 is 15.1 Å². The van der Waals surface area contributed by atoms with Crippen molar-refractivity contribution in [3.05, 3.63) is 66.0 Å². The standard InChI is InChI=1S/C18H20FN3O/c19-16-8-6-15(7-9-16)14-20-18(23)22-12-10-21(11-13-22)17-4-2-1-3-5-17/h1-9H,10-14H2,(H,20,23). The van der Waals surface area contributed by atoms with Gasteiger partial charge in [-0.3, -0.25) is 0 Å². The monoisotopic (exact) mass is 313 g/mol. The minimum Gasteiger partial charge on any atom is -0.368 e. The molecule has 0 bridgehead atoms. The fourth-order valence-electron chi connectivity index (χ4n) is 2.70. The van der Waals surface area contributed by atoms with Crippen LogP contribution >= 0.6 is 0 Å². The first kappa shape index (κ1) is 15.3. The summed E-state index contributed by atoms with van der Waals surface area (Å²) in [6.45, 7) is 3.47. The molecule has 0 spiro atoms. The Bertz CT molecular complexity index is 637. The zero-order chi connectivity index (χ0) is 16.1. The van der Waals surface area contributed by atoms with Crippen molar-refractivity contribution in [2.24, 2.45) is 0 Å². The number of benzene rings is 2. The van der Waals surface area contributed by atoms with Crippen LogP contribution in [0.4, 0.5) is 14.9 Å². The van der Waals surface area contributed by atoms with E-state index in [9.17, 15) is 9.18 Å². The molecule has 2 aromatic rings. The highest BCUT2D eigenvalue weighted by atomic mass is 19.1. The number of nitrogens with one attached hydrogen (secondary N) is 1. The molecular weight excluding hydrogens is 293 g/mol. The molecule has 0 unspecified atom stereocenters. The van der Waals surface area contributed by atoms with Crippen LogP contribution in [0.2, 0.25) is 0 Å². The zero-order valence-electron chi connectivity index (χ0n) is 12.9. The molecule has 1 saturated heterocycles. The second-order valence-electron chi connectivity index (χ2n) is 5.59. The van der Waals surface area contributed by atoms with Crippen LogP contribution in [0.5, 0.6) is 0 Å². The van der Waals surface area contributed by atoms with Crippen LogP contribution in [0, 0.1) is 5.82 Å². The first-order valence-electron chi connectivity index (χ1n) is 7.79. The van der Waals surface area contributed by atoms with Gasteiger partial charge in [-0.25, -0.2) is 9.18 Å². The van der Waals surface area contributed by atoms with Crippen molar-refractivity contribution in [1.82, 2.24) is 10.2 Å². The highest BCUT2D eigenvalue weighted by Crippen LogP contribution is 2.15. The Hall–Kier alpha value is -2.56. The topological polar surface area (TPSA) is 35.6 Å². The molecule has 1 fully saturated rings. The zero-order valence-corrected chi connectivity index (χ0v) is 12.9. The van der Waals surface area contributed by atoms with Gasteiger partial charge in [0.1, 0.15) is 5.82 Å². The molecule has 1 N–H and O–H groups in total. The molecule has 1 aliphatic heterocycles. The number of hydrogen-bond donors (Lipinski definition) is 1. The Labute approximate surface area is 135 Å². The van der Waals surface area contributed by atoms with Crippen LogP contribution in [0.25, 0.3) is 0 Å². The average Bonchev–Trinajstić information content (AvgIpc) is 2.62. The Morgan fingerprint density at radius 2 is 1.61 bits per heavy atom. The molecule has 120 valence electrons. The van der Waals surface area contributed by atoms with Crippen molar-refractivity contribution in [2.75, 3.05) is 31.1 Å². The van der Waals surface area contributed by atoms with Crippen molar-refractivity contribution < 1.29 is 9.18 Å². The third kappa shape index (κ3) is 4.00. The van der Waals surface area contributed by atoms with Gasteiger partial charge in [-0.05, 0) is 29.8 Å². The van der Waals surface area contributed by atoms with Crippen molar-refractivity contribution in [3.63, 3.8) is 0 Å². The molecular formula is C18H20FN3O. The molecule has 2 aromatic carbocycles. The first-order chi connectivity index (χ1) is 11.2. The number of carbonyl (C=O) groups is 1. The summed E-state index contributed by atoms with van der Waals surface area (Å²) in [7, 11) is 0. The van der Waals surface area contributed by atoms with Gasteiger partial charge in [-0.1, -0.05) is 30.3 Å². The second-order valence-corrected chi connectivity index (χ2v) is 5.59. The largest absolute Gasteiger partial charge is 0.368 e. The number of carbonyl (C=O) groups excluding carboxylic acids is 1. The number of nitrogens with zero attached hydrogens (tertiary/aromatic N) is 2. The molecule has 4 nitrogen and oxygen atoms in total. The van der Waals surface area contributed by atoms with Crippen molar-refractivity contribution in [2.45, 2.75) is 6.54 Å². The molecule has 0 aliphatic carbocycles. The van der Waals surface area contributed by atoms with Gasteiger partial charge >= 0.3 is 6.03 Å². The number of halogens is 1. The van der Waals surface area contributed by atoms with Crippen LogP contribution in [-0.2, 0) is 6.54 Å². The van der Waals surface area contributed by atoms with Crippen molar-refractivity contribution in [3.8, 4) is 0 Å². The number of anilines is 1. The van der Waals surface area contributed by atoms with Gasteiger partial charge in [-0.15, -0.1) is 0 Å². The summed E-state index contributed by atoms with van der Waals surface area (Å²) in [5, 5.41) is 2.89. The van der Waals surface area contributed by atoms with Gasteiger partial charge in [0.25, 0.3) is 0 Å². The lowest BCUT2D eigenvalue weighted by molar-refractivity contribution is 0.194. The van der Waals surface area contributed by atoms with Gasteiger partial charge in [0, 0.05) is 38.4 Å². The fourth-order valence-corrected chi connectivity index (χ4v) is 2.70. The first-order valence-corrected chi connectivity index (χ1v) is 7.79. The fraction of sp³-hybridized carbons (Fsp3) is 0.278. The molecule has 0 saturated carbocycles. The maximum atomic E-state index is 12.9. The number of piperazine rings is 1. The van der Waals surface area contributed by atoms with E-state index in [1.54, 1.807) is 12.1 Å². The quantitative estimate of drug-likeness (QED) is 0.946. The van der Waals surface area contributed by atoms with Gasteiger partial charge in [-0.2, -0.15) is 0 Å². The van der Waals surface area contributed by atoms with E-state index in [4.69, 9.17) is 0 Å². The summed E-state index contributed by atoms with van der Waals surface area (Å²) in [5.74, 6) is -0.267. The Kier molecular flexibility index (Phi) is 4.76. The van der Waals surface area contributed by atoms with Gasteiger partial charge in [0.2, 0.25) is 0 Å². The van der Waals surface area contributed by atoms with Crippen LogP contribution in [-0.4, -0.2) is 37.1 Å². The highest BCUT2D eigenvalue weighted by Gasteiger charge is 2.20. The molecule has 5 heteroatoms. The maximum Gasteiger partial charge on any atom is 0.317 e. The normalized spacial score (nSPS) is 14.7. The second kappa shape index (κ2) is 7.13. The molecule has 0 aromatic heterocycles. The summed E-state index contributed by atoms with van der Waals surface area (Å²) in [4.78, 5) is 16.3. The summed E-state index contributed by atoms with van der Waals surface area (Å²) in [6, 6.07) is 16.3. The molecule has 2 amide bonds. The lowest BCUT2D eigenvalue weighted by Gasteiger charge is -2.36. The van der Waals surface area contributed by atoms with Gasteiger partial charge in [0.05, 0.1) is 0 Å². The Morgan fingerprint density at radius 1 is 0.957 bits per heavy atom. The third-order valence-corrected chi connectivity index (χ3v) is 4.05. The molecule has 3 rings (SSSR count). The summed E-state index contributed by atoms with van der Waals surface area (Å²) in [6.07, 6.45) is 0. The molecule has 1 heterocycles. The van der Waals surface area contributed by atoms with E-state index in [1.165, 1.54) is 17.8 Å². The van der Waals surface area contributed by atoms with E-state index in [1.807, 2.05) is 23.1 Å². The predicted octanol–water partition coefficient (Wildman–Crippen LogP) is 2.86. The molecule has 1 aliphatic rings. The third-order valence-electron chi connectivity index (χ3n) is 4.05. The maximum absolute atomic E-state index is 12.9. The average molecular weight is 313 g/mol. The number of amides is 2. The molecule has 23 heavy (non-hydrogen) atoms. The SMILES string of the molecule is O=C(NCc1ccc(F)cc1)N1CCN(c2ccccc2)CC1. The van der Waals surface area contributed by atoms with Crippen LogP contribution in [0.3, 0.4) is 0 Å². The summed E-state index contributed by atoms with van der Waals surface area (Å²) >= 11 is 0. The Balaban J connectivity index is 1.47. The lowest BCUT2D eigenvalue weighted by atomic mass is 10.2. The lowest BCUT2D eigenvalue weighted by Crippen LogP contribution is -2.51. The summed E-state index contributed by atoms with van der Waals surface area (Å²) < 4.78 is 12.9. The summed E-state index contributed by atoms with van der Waals surface area (Å²) in [5.41, 5.74) is 2.08. The Morgan fingerprint density at radius 3 is 2.26 bits per heavy atom. The smallest absolute Gasteiger partial charge is 0.317 e. The number of para-hydroxylation sites is 1. The predicted molar refractivity (Wildman–Crippen MR) is 88.9 cm³/mol. The minimum atomic E-state index is -0.267. The number of hydrogen-bond acceptors (Lipinski definition) is 2. The van der Waals surface area contributed by atoms with Crippen molar-refractivity contribution >= 4 is 11.7 Å². The molecule has 0 atom stereocenters. The van der Waals surface area contributed by atoms with Crippen LogP contribution < -0.4 is 10.2 Å². The van der Waals surface area contributed by atoms with Crippen LogP contribution in [0.15, 0.2) is 54.6 Å². The number of urea groups is 1. The van der Waals surface area contributed by atoms with Gasteiger partial charge in [0.15, 0.2) is 0 Å². The molecule has 0 radical (unpaired) electrons. The van der Waals surface area contributed by atoms with E-state index < -0.39 is 0 Å². The van der Waals surface area contributed by atoms with E-state index in [-0.39, 0.29) is 11.8 Å². The van der Waals surface area contributed by atoms with E-state index in [2.05, 4.69) is 22.3 Å². The van der Waals surface area contributed by atoms with Crippen molar-refractivity contribution in [1.29, 1.82) is 0 Å². The van der Waals surface area contributed by atoms with E-state index in [0.29, 0.717) is 19.6 Å². The minimum absolute atomic E-state index is 0.0676.